The number of halogens is 1. The first kappa shape index (κ1) is 11.4. The summed E-state index contributed by atoms with van der Waals surface area (Å²) in [7, 11) is 0. The predicted octanol–water partition coefficient (Wildman–Crippen LogP) is 2.52. The Hall–Kier alpha value is -0.570. The molecule has 1 saturated carbocycles. The van der Waals surface area contributed by atoms with Crippen molar-refractivity contribution in [3.05, 3.63) is 0 Å². The highest BCUT2D eigenvalue weighted by Gasteiger charge is 2.48. The second-order valence-electron chi connectivity index (χ2n) is 3.61. The molecule has 3 nitrogen and oxygen atoms in total. The maximum absolute atomic E-state index is 10.6. The Morgan fingerprint density at radius 1 is 1.50 bits per heavy atom. The standard InChI is InChI=1S/C7H12O.CHClO2/c1-5(8)6-4-7(6,2)3;2-1(3)4/h6H,4H2,1-3H3;(H,3,4). The molecule has 1 atom stereocenters. The molecule has 1 aliphatic rings. The van der Waals surface area contributed by atoms with Gasteiger partial charge < -0.3 is 5.11 Å². The highest BCUT2D eigenvalue weighted by atomic mass is 35.5. The lowest BCUT2D eigenvalue weighted by Crippen LogP contribution is -1.99. The number of carbonyl (C=O) groups excluding carboxylic acids is 1. The van der Waals surface area contributed by atoms with Crippen LogP contribution in [0, 0.1) is 11.3 Å². The Labute approximate surface area is 76.7 Å². The molecule has 12 heavy (non-hydrogen) atoms. The van der Waals surface area contributed by atoms with Gasteiger partial charge in [-0.15, -0.1) is 0 Å². The maximum atomic E-state index is 10.6. The second-order valence-corrected chi connectivity index (χ2v) is 3.93. The molecule has 1 aliphatic carbocycles. The molecule has 0 radical (unpaired) electrons. The molecule has 0 saturated heterocycles. The van der Waals surface area contributed by atoms with Crippen LogP contribution in [0.4, 0.5) is 4.79 Å². The van der Waals surface area contributed by atoms with Gasteiger partial charge in [0.2, 0.25) is 0 Å². The Kier molecular flexibility index (Phi) is 3.71. The van der Waals surface area contributed by atoms with Crippen LogP contribution in [0.2, 0.25) is 0 Å². The van der Waals surface area contributed by atoms with Crippen molar-refractivity contribution in [3.63, 3.8) is 0 Å². The number of rotatable bonds is 1. The molecule has 0 aromatic heterocycles. The van der Waals surface area contributed by atoms with Gasteiger partial charge in [0.05, 0.1) is 0 Å². The van der Waals surface area contributed by atoms with Crippen molar-refractivity contribution in [3.8, 4) is 0 Å². The summed E-state index contributed by atoms with van der Waals surface area (Å²) < 4.78 is 0. The van der Waals surface area contributed by atoms with Gasteiger partial charge in [-0.3, -0.25) is 4.79 Å². The van der Waals surface area contributed by atoms with E-state index >= 15 is 0 Å². The summed E-state index contributed by atoms with van der Waals surface area (Å²) in [5.41, 5.74) is -1.02. The molecule has 1 unspecified atom stereocenters. The fourth-order valence-corrected chi connectivity index (χ4v) is 1.16. The van der Waals surface area contributed by atoms with Crippen LogP contribution in [0.5, 0.6) is 0 Å². The van der Waals surface area contributed by atoms with Crippen molar-refractivity contribution in [2.24, 2.45) is 11.3 Å². The average Bonchev–Trinajstić information content (AvgIpc) is 2.38. The lowest BCUT2D eigenvalue weighted by molar-refractivity contribution is -0.118. The summed E-state index contributed by atoms with van der Waals surface area (Å²) >= 11 is 4.19. The van der Waals surface area contributed by atoms with Crippen LogP contribution < -0.4 is 0 Å². The van der Waals surface area contributed by atoms with Crippen molar-refractivity contribution in [1.82, 2.24) is 0 Å². The summed E-state index contributed by atoms with van der Waals surface area (Å²) in [6.45, 7) is 5.96. The monoisotopic (exact) mass is 192 g/mol. The summed E-state index contributed by atoms with van der Waals surface area (Å²) in [5.74, 6) is 0.734. The molecule has 1 rings (SSSR count). The molecule has 1 fully saturated rings. The van der Waals surface area contributed by atoms with Gasteiger partial charge in [-0.1, -0.05) is 13.8 Å². The molecular formula is C8H13ClO3. The highest BCUT2D eigenvalue weighted by Crippen LogP contribution is 2.51. The van der Waals surface area contributed by atoms with E-state index in [4.69, 9.17) is 9.90 Å². The summed E-state index contributed by atoms with van der Waals surface area (Å²) in [4.78, 5) is 19.4. The molecule has 0 amide bonds. The third-order valence-electron chi connectivity index (χ3n) is 2.00. The first-order valence-electron chi connectivity index (χ1n) is 3.66. The number of ketones is 1. The van der Waals surface area contributed by atoms with Crippen LogP contribution in [0.3, 0.4) is 0 Å². The zero-order valence-corrected chi connectivity index (χ0v) is 8.18. The smallest absolute Gasteiger partial charge is 0.401 e. The van der Waals surface area contributed by atoms with Gasteiger partial charge in [0, 0.05) is 17.5 Å². The summed E-state index contributed by atoms with van der Waals surface area (Å²) in [6.07, 6.45) is 1.10. The SMILES string of the molecule is CC(=O)C1CC1(C)C.O=C(O)Cl. The first-order chi connectivity index (χ1) is 5.27. The van der Waals surface area contributed by atoms with Crippen molar-refractivity contribution in [2.75, 3.05) is 0 Å². The molecule has 0 aromatic rings. The lowest BCUT2D eigenvalue weighted by Gasteiger charge is -1.95. The number of carboxylic acid groups (broad SMARTS) is 1. The molecule has 0 spiro atoms. The molecule has 1 N–H and O–H groups in total. The Morgan fingerprint density at radius 2 is 1.75 bits per heavy atom. The van der Waals surface area contributed by atoms with Gasteiger partial charge in [-0.05, 0) is 18.8 Å². The normalized spacial score (nSPS) is 23.5. The van der Waals surface area contributed by atoms with Crippen molar-refractivity contribution >= 4 is 22.8 Å². The number of carbonyl (C=O) groups is 2. The van der Waals surface area contributed by atoms with E-state index in [1.165, 1.54) is 0 Å². The molecule has 0 heterocycles. The lowest BCUT2D eigenvalue weighted by atomic mass is 10.1. The number of hydrogen-bond acceptors (Lipinski definition) is 2. The van der Waals surface area contributed by atoms with E-state index in [1.807, 2.05) is 0 Å². The second kappa shape index (κ2) is 3.90. The van der Waals surface area contributed by atoms with E-state index in [9.17, 15) is 4.79 Å². The topological polar surface area (TPSA) is 54.4 Å². The Bertz CT molecular complexity index is 194. The molecule has 70 valence electrons. The van der Waals surface area contributed by atoms with E-state index in [2.05, 4.69) is 25.4 Å². The van der Waals surface area contributed by atoms with Gasteiger partial charge in [0.15, 0.2) is 0 Å². The fourth-order valence-electron chi connectivity index (χ4n) is 1.16. The van der Waals surface area contributed by atoms with E-state index < -0.39 is 5.43 Å². The van der Waals surface area contributed by atoms with Crippen LogP contribution >= 0.6 is 11.6 Å². The van der Waals surface area contributed by atoms with E-state index in [0.29, 0.717) is 17.1 Å². The Balaban J connectivity index is 0.000000261. The number of Topliss-reactive ketones (excluding diaryl/α,β-unsaturated/α-hetero) is 1. The zero-order valence-electron chi connectivity index (χ0n) is 7.43. The van der Waals surface area contributed by atoms with E-state index in [-0.39, 0.29) is 0 Å². The van der Waals surface area contributed by atoms with Gasteiger partial charge in [-0.2, -0.15) is 0 Å². The van der Waals surface area contributed by atoms with Crippen LogP contribution in [0.15, 0.2) is 0 Å². The molecule has 0 aromatic carbocycles. The van der Waals surface area contributed by atoms with Gasteiger partial charge in [0.25, 0.3) is 0 Å². The third kappa shape index (κ3) is 4.34. The van der Waals surface area contributed by atoms with Crippen molar-refractivity contribution in [1.29, 1.82) is 0 Å². The van der Waals surface area contributed by atoms with Crippen LogP contribution in [-0.4, -0.2) is 16.3 Å². The Morgan fingerprint density at radius 3 is 1.75 bits per heavy atom. The van der Waals surface area contributed by atoms with Crippen LogP contribution in [0.1, 0.15) is 27.2 Å². The minimum Gasteiger partial charge on any atom is -0.469 e. The van der Waals surface area contributed by atoms with Gasteiger partial charge in [-0.25, -0.2) is 4.79 Å². The summed E-state index contributed by atoms with van der Waals surface area (Å²) in [6, 6.07) is 0. The largest absolute Gasteiger partial charge is 0.469 e. The third-order valence-corrected chi connectivity index (χ3v) is 2.00. The van der Waals surface area contributed by atoms with Crippen molar-refractivity contribution in [2.45, 2.75) is 27.2 Å². The van der Waals surface area contributed by atoms with E-state index in [0.717, 1.165) is 6.42 Å². The average molecular weight is 193 g/mol. The fraction of sp³-hybridized carbons (Fsp3) is 0.750. The van der Waals surface area contributed by atoms with Crippen LogP contribution in [0.25, 0.3) is 0 Å². The first-order valence-corrected chi connectivity index (χ1v) is 4.04. The molecule has 0 aliphatic heterocycles. The van der Waals surface area contributed by atoms with Crippen molar-refractivity contribution < 1.29 is 14.7 Å². The zero-order chi connectivity index (χ0) is 9.94. The molecular weight excluding hydrogens is 180 g/mol. The molecule has 4 heteroatoms. The summed E-state index contributed by atoms with van der Waals surface area (Å²) in [5, 5.41) is 7.18. The van der Waals surface area contributed by atoms with E-state index in [1.54, 1.807) is 6.92 Å². The predicted molar refractivity (Wildman–Crippen MR) is 46.4 cm³/mol. The quantitative estimate of drug-likeness (QED) is 0.650. The minimum absolute atomic E-state index is 0.339. The minimum atomic E-state index is -1.36. The maximum Gasteiger partial charge on any atom is 0.401 e. The van der Waals surface area contributed by atoms with Gasteiger partial charge in [0.1, 0.15) is 5.78 Å². The van der Waals surface area contributed by atoms with Crippen LogP contribution in [-0.2, 0) is 4.79 Å². The van der Waals surface area contributed by atoms with Gasteiger partial charge >= 0.3 is 5.43 Å². The highest BCUT2D eigenvalue weighted by molar-refractivity contribution is 6.60. The molecule has 0 bridgehead atoms. The number of hydrogen-bond donors (Lipinski definition) is 1.